The van der Waals surface area contributed by atoms with Crippen LogP contribution in [0.3, 0.4) is 0 Å². The first-order valence-electron chi connectivity index (χ1n) is 5.48. The average molecular weight is 190 g/mol. The lowest BCUT2D eigenvalue weighted by Crippen LogP contribution is -1.94. The van der Waals surface area contributed by atoms with Crippen molar-refractivity contribution >= 4 is 0 Å². The Bertz CT molecular complexity index is 312. The van der Waals surface area contributed by atoms with Gasteiger partial charge in [0.15, 0.2) is 0 Å². The number of aryl methyl sites for hydroxylation is 2. The van der Waals surface area contributed by atoms with E-state index in [2.05, 4.69) is 12.1 Å². The largest absolute Gasteiger partial charge is 0.507 e. The topological polar surface area (TPSA) is 20.2 Å². The normalized spacial score (nSPS) is 17.6. The van der Waals surface area contributed by atoms with Crippen LogP contribution in [0.5, 0.6) is 5.75 Å². The smallest absolute Gasteiger partial charge is 0.121 e. The van der Waals surface area contributed by atoms with Gasteiger partial charge in [0, 0.05) is 0 Å². The lowest BCUT2D eigenvalue weighted by Gasteiger charge is -2.13. The molecule has 1 aromatic carbocycles. The second-order valence-electron chi connectivity index (χ2n) is 4.48. The van der Waals surface area contributed by atoms with E-state index in [0.29, 0.717) is 5.75 Å². The molecule has 1 aromatic rings. The molecular formula is C13H18O. The van der Waals surface area contributed by atoms with E-state index in [0.717, 1.165) is 17.0 Å². The Morgan fingerprint density at radius 3 is 2.07 bits per heavy atom. The Morgan fingerprint density at radius 2 is 1.57 bits per heavy atom. The van der Waals surface area contributed by atoms with Crippen LogP contribution >= 0.6 is 0 Å². The van der Waals surface area contributed by atoms with Crippen LogP contribution in [-0.4, -0.2) is 5.11 Å². The second kappa shape index (κ2) is 3.64. The van der Waals surface area contributed by atoms with Gasteiger partial charge in [0.05, 0.1) is 0 Å². The molecule has 0 atom stereocenters. The van der Waals surface area contributed by atoms with Crippen LogP contribution in [0.25, 0.3) is 0 Å². The van der Waals surface area contributed by atoms with E-state index in [4.69, 9.17) is 0 Å². The molecule has 1 fully saturated rings. The summed E-state index contributed by atoms with van der Waals surface area (Å²) in [5, 5.41) is 9.67. The van der Waals surface area contributed by atoms with Gasteiger partial charge in [-0.3, -0.25) is 0 Å². The van der Waals surface area contributed by atoms with E-state index in [-0.39, 0.29) is 0 Å². The summed E-state index contributed by atoms with van der Waals surface area (Å²) in [7, 11) is 0. The minimum absolute atomic E-state index is 0.465. The van der Waals surface area contributed by atoms with Crippen molar-refractivity contribution in [3.8, 4) is 5.75 Å². The number of hydrogen-bond donors (Lipinski definition) is 1. The lowest BCUT2D eigenvalue weighted by molar-refractivity contribution is 0.466. The van der Waals surface area contributed by atoms with E-state index < -0.39 is 0 Å². The van der Waals surface area contributed by atoms with Gasteiger partial charge < -0.3 is 5.11 Å². The molecule has 1 N–H and O–H groups in total. The highest BCUT2D eigenvalue weighted by Crippen LogP contribution is 2.36. The molecule has 14 heavy (non-hydrogen) atoms. The van der Waals surface area contributed by atoms with Gasteiger partial charge in [-0.2, -0.15) is 0 Å². The van der Waals surface area contributed by atoms with Gasteiger partial charge in [-0.05, 0) is 49.3 Å². The highest BCUT2D eigenvalue weighted by atomic mass is 16.3. The molecule has 0 amide bonds. The van der Waals surface area contributed by atoms with Gasteiger partial charge in [0.25, 0.3) is 0 Å². The summed E-state index contributed by atoms with van der Waals surface area (Å²) in [4.78, 5) is 0. The average Bonchev–Trinajstić information content (AvgIpc) is 2.66. The van der Waals surface area contributed by atoms with Gasteiger partial charge >= 0.3 is 0 Å². The summed E-state index contributed by atoms with van der Waals surface area (Å²) >= 11 is 0. The number of phenols is 1. The van der Waals surface area contributed by atoms with Crippen molar-refractivity contribution in [1.29, 1.82) is 0 Å². The van der Waals surface area contributed by atoms with Crippen LogP contribution in [0.15, 0.2) is 12.1 Å². The minimum atomic E-state index is 0.465. The van der Waals surface area contributed by atoms with Crippen LogP contribution < -0.4 is 0 Å². The van der Waals surface area contributed by atoms with Crippen molar-refractivity contribution in [2.75, 3.05) is 0 Å². The quantitative estimate of drug-likeness (QED) is 0.716. The van der Waals surface area contributed by atoms with E-state index >= 15 is 0 Å². The molecule has 0 heterocycles. The molecule has 0 aromatic heterocycles. The molecule has 0 unspecified atom stereocenters. The Balaban J connectivity index is 2.34. The number of aromatic hydroxyl groups is 1. The molecule has 1 aliphatic carbocycles. The minimum Gasteiger partial charge on any atom is -0.507 e. The van der Waals surface area contributed by atoms with Gasteiger partial charge in [0.2, 0.25) is 0 Å². The summed E-state index contributed by atoms with van der Waals surface area (Å²) < 4.78 is 0. The predicted octanol–water partition coefficient (Wildman–Crippen LogP) is 3.67. The molecular weight excluding hydrogens is 172 g/mol. The number of phenolic OH excluding ortho intramolecular Hbond substituents is 1. The predicted molar refractivity (Wildman–Crippen MR) is 58.8 cm³/mol. The number of hydrogen-bond acceptors (Lipinski definition) is 1. The molecule has 1 heteroatoms. The molecule has 76 valence electrons. The van der Waals surface area contributed by atoms with E-state index in [1.165, 1.54) is 31.2 Å². The van der Waals surface area contributed by atoms with Crippen molar-refractivity contribution in [3.63, 3.8) is 0 Å². The maximum absolute atomic E-state index is 9.67. The molecule has 1 nitrogen and oxygen atoms in total. The maximum atomic E-state index is 9.67. The second-order valence-corrected chi connectivity index (χ2v) is 4.48. The van der Waals surface area contributed by atoms with Gasteiger partial charge in [-0.15, -0.1) is 0 Å². The Labute approximate surface area is 85.8 Å². The van der Waals surface area contributed by atoms with Gasteiger partial charge in [-0.1, -0.05) is 25.0 Å². The third kappa shape index (κ3) is 1.63. The summed E-state index contributed by atoms with van der Waals surface area (Å²) in [6.45, 7) is 3.97. The third-order valence-electron chi connectivity index (χ3n) is 3.34. The first kappa shape index (κ1) is 9.57. The number of rotatable bonds is 1. The highest BCUT2D eigenvalue weighted by Gasteiger charge is 2.18. The molecule has 0 spiro atoms. The Morgan fingerprint density at radius 1 is 1.07 bits per heavy atom. The maximum Gasteiger partial charge on any atom is 0.121 e. The zero-order valence-electron chi connectivity index (χ0n) is 9.01. The summed E-state index contributed by atoms with van der Waals surface area (Å²) in [6.07, 6.45) is 5.38. The fourth-order valence-corrected chi connectivity index (χ4v) is 2.48. The monoisotopic (exact) mass is 190 g/mol. The van der Waals surface area contributed by atoms with Crippen LogP contribution in [0.2, 0.25) is 0 Å². The third-order valence-corrected chi connectivity index (χ3v) is 3.34. The van der Waals surface area contributed by atoms with Crippen LogP contribution in [-0.2, 0) is 0 Å². The van der Waals surface area contributed by atoms with E-state index in [9.17, 15) is 5.11 Å². The van der Waals surface area contributed by atoms with E-state index in [1.54, 1.807) is 0 Å². The van der Waals surface area contributed by atoms with Crippen molar-refractivity contribution < 1.29 is 5.11 Å². The van der Waals surface area contributed by atoms with Crippen molar-refractivity contribution in [1.82, 2.24) is 0 Å². The fraction of sp³-hybridized carbons (Fsp3) is 0.538. The SMILES string of the molecule is Cc1cc(C2CCCC2)cc(C)c1O. The molecule has 1 aliphatic rings. The zero-order valence-corrected chi connectivity index (χ0v) is 9.01. The molecule has 1 saturated carbocycles. The van der Waals surface area contributed by atoms with Gasteiger partial charge in [0.1, 0.15) is 5.75 Å². The molecule has 0 radical (unpaired) electrons. The standard InChI is InChI=1S/C13H18O/c1-9-7-12(8-10(2)13(9)14)11-5-3-4-6-11/h7-8,11,14H,3-6H2,1-2H3. The lowest BCUT2D eigenvalue weighted by atomic mass is 9.94. The molecule has 0 saturated heterocycles. The van der Waals surface area contributed by atoms with Crippen molar-refractivity contribution in [2.24, 2.45) is 0 Å². The van der Waals surface area contributed by atoms with E-state index in [1.807, 2.05) is 13.8 Å². The Hall–Kier alpha value is -0.980. The van der Waals surface area contributed by atoms with Crippen molar-refractivity contribution in [2.45, 2.75) is 45.4 Å². The van der Waals surface area contributed by atoms with Crippen LogP contribution in [0, 0.1) is 13.8 Å². The molecule has 0 aliphatic heterocycles. The number of benzene rings is 1. The van der Waals surface area contributed by atoms with Gasteiger partial charge in [-0.25, -0.2) is 0 Å². The first-order valence-corrected chi connectivity index (χ1v) is 5.48. The highest BCUT2D eigenvalue weighted by molar-refractivity contribution is 5.43. The zero-order chi connectivity index (χ0) is 10.1. The molecule has 2 rings (SSSR count). The van der Waals surface area contributed by atoms with Crippen LogP contribution in [0.4, 0.5) is 0 Å². The summed E-state index contributed by atoms with van der Waals surface area (Å²) in [5.74, 6) is 1.21. The van der Waals surface area contributed by atoms with Crippen LogP contribution in [0.1, 0.15) is 48.3 Å². The van der Waals surface area contributed by atoms with Crippen molar-refractivity contribution in [3.05, 3.63) is 28.8 Å². The Kier molecular flexibility index (Phi) is 2.49. The summed E-state index contributed by atoms with van der Waals surface area (Å²) in [5.41, 5.74) is 3.47. The summed E-state index contributed by atoms with van der Waals surface area (Å²) in [6, 6.07) is 4.30. The first-order chi connectivity index (χ1) is 6.68. The molecule has 0 bridgehead atoms. The fourth-order valence-electron chi connectivity index (χ4n) is 2.48.